The smallest absolute Gasteiger partial charge is 0.339 e. The van der Waals surface area contributed by atoms with E-state index in [-0.39, 0.29) is 17.2 Å². The van der Waals surface area contributed by atoms with Crippen LogP contribution < -0.4 is 15.5 Å². The van der Waals surface area contributed by atoms with Crippen molar-refractivity contribution in [3.63, 3.8) is 0 Å². The number of carbonyl (C=O) groups is 3. The summed E-state index contributed by atoms with van der Waals surface area (Å²) in [6, 6.07) is 7.86. The van der Waals surface area contributed by atoms with E-state index in [0.29, 0.717) is 55.7 Å². The van der Waals surface area contributed by atoms with Crippen molar-refractivity contribution in [3.8, 4) is 0 Å². The van der Waals surface area contributed by atoms with Crippen molar-refractivity contribution in [2.75, 3.05) is 49.5 Å². The van der Waals surface area contributed by atoms with Gasteiger partial charge in [-0.3, -0.25) is 14.5 Å². The first-order chi connectivity index (χ1) is 15.4. The molecule has 170 valence electrons. The van der Waals surface area contributed by atoms with Gasteiger partial charge in [-0.1, -0.05) is 24.6 Å². The molecule has 1 aliphatic heterocycles. The van der Waals surface area contributed by atoms with E-state index in [1.807, 2.05) is 16.7 Å². The molecule has 1 aromatic heterocycles. The average molecular weight is 460 g/mol. The lowest BCUT2D eigenvalue weighted by atomic mass is 10.2. The molecule has 2 heterocycles. The molecule has 32 heavy (non-hydrogen) atoms. The van der Waals surface area contributed by atoms with E-state index in [0.717, 1.165) is 6.42 Å². The van der Waals surface area contributed by atoms with Crippen molar-refractivity contribution >= 4 is 40.9 Å². The lowest BCUT2D eigenvalue weighted by molar-refractivity contribution is -0.122. The van der Waals surface area contributed by atoms with E-state index in [1.165, 1.54) is 18.3 Å². The monoisotopic (exact) mass is 459 g/mol. The van der Waals surface area contributed by atoms with Gasteiger partial charge in [0, 0.05) is 43.3 Å². The highest BCUT2D eigenvalue weighted by molar-refractivity contribution is 6.31. The van der Waals surface area contributed by atoms with Gasteiger partial charge in [0.25, 0.3) is 5.91 Å². The first-order valence-corrected chi connectivity index (χ1v) is 10.8. The average Bonchev–Trinajstić information content (AvgIpc) is 2.78. The van der Waals surface area contributed by atoms with Gasteiger partial charge in [-0.15, -0.1) is 0 Å². The first-order valence-electron chi connectivity index (χ1n) is 10.4. The van der Waals surface area contributed by atoms with Gasteiger partial charge in [-0.2, -0.15) is 0 Å². The Bertz CT molecular complexity index is 992. The summed E-state index contributed by atoms with van der Waals surface area (Å²) in [5.74, 6) is -1.21. The normalized spacial score (nSPS) is 14.1. The molecule has 2 aromatic rings. The van der Waals surface area contributed by atoms with Crippen molar-refractivity contribution in [2.45, 2.75) is 13.3 Å². The molecule has 10 heteroatoms. The molecule has 0 atom stereocenters. The Hall–Kier alpha value is -3.17. The number of anilines is 2. The van der Waals surface area contributed by atoms with Crippen LogP contribution in [0.1, 0.15) is 34.1 Å². The lowest BCUT2D eigenvalue weighted by Gasteiger charge is -2.35. The fourth-order valence-corrected chi connectivity index (χ4v) is 3.60. The minimum absolute atomic E-state index is 0.00281. The largest absolute Gasteiger partial charge is 0.478 e. The zero-order valence-electron chi connectivity index (χ0n) is 17.8. The molecular formula is C22H26ClN5O4. The summed E-state index contributed by atoms with van der Waals surface area (Å²) in [6.45, 7) is 5.30. The van der Waals surface area contributed by atoms with E-state index in [2.05, 4.69) is 15.6 Å². The van der Waals surface area contributed by atoms with Gasteiger partial charge >= 0.3 is 5.97 Å². The van der Waals surface area contributed by atoms with Crippen LogP contribution in [0.2, 0.25) is 5.02 Å². The van der Waals surface area contributed by atoms with Crippen LogP contribution in [0.5, 0.6) is 0 Å². The van der Waals surface area contributed by atoms with Crippen LogP contribution in [-0.2, 0) is 4.79 Å². The number of aromatic carboxylic acids is 1. The topological polar surface area (TPSA) is 115 Å². The summed E-state index contributed by atoms with van der Waals surface area (Å²) in [7, 11) is 0. The highest BCUT2D eigenvalue weighted by Crippen LogP contribution is 2.23. The zero-order valence-corrected chi connectivity index (χ0v) is 18.6. The minimum Gasteiger partial charge on any atom is -0.478 e. The number of carboxylic acid groups (broad SMARTS) is 1. The van der Waals surface area contributed by atoms with Gasteiger partial charge < -0.3 is 20.6 Å². The molecule has 3 N–H and O–H groups in total. The summed E-state index contributed by atoms with van der Waals surface area (Å²) in [5, 5.41) is 15.7. The number of carbonyl (C=O) groups excluding carboxylic acids is 2. The third-order valence-corrected chi connectivity index (χ3v) is 5.29. The number of pyridine rings is 1. The second-order valence-corrected chi connectivity index (χ2v) is 7.91. The zero-order chi connectivity index (χ0) is 23.1. The maximum Gasteiger partial charge on any atom is 0.339 e. The molecular weight excluding hydrogens is 434 g/mol. The second kappa shape index (κ2) is 10.9. The highest BCUT2D eigenvalue weighted by atomic mass is 35.5. The Labute approximate surface area is 191 Å². The summed E-state index contributed by atoms with van der Waals surface area (Å²) in [6.07, 6.45) is 2.33. The molecule has 0 aliphatic carbocycles. The van der Waals surface area contributed by atoms with Crippen LogP contribution in [0.3, 0.4) is 0 Å². The predicted molar refractivity (Wildman–Crippen MR) is 123 cm³/mol. The van der Waals surface area contributed by atoms with Gasteiger partial charge in [0.15, 0.2) is 0 Å². The van der Waals surface area contributed by atoms with Crippen molar-refractivity contribution < 1.29 is 19.5 Å². The van der Waals surface area contributed by atoms with Crippen molar-refractivity contribution in [3.05, 3.63) is 52.7 Å². The number of carboxylic acids is 1. The van der Waals surface area contributed by atoms with Crippen molar-refractivity contribution in [1.82, 2.24) is 15.2 Å². The van der Waals surface area contributed by atoms with Gasteiger partial charge in [-0.25, -0.2) is 9.78 Å². The van der Waals surface area contributed by atoms with E-state index < -0.39 is 11.9 Å². The summed E-state index contributed by atoms with van der Waals surface area (Å²) < 4.78 is 0. The van der Waals surface area contributed by atoms with Gasteiger partial charge in [0.2, 0.25) is 5.91 Å². The molecule has 9 nitrogen and oxygen atoms in total. The van der Waals surface area contributed by atoms with Crippen LogP contribution in [0.25, 0.3) is 0 Å². The van der Waals surface area contributed by atoms with Crippen LogP contribution in [0.4, 0.5) is 11.5 Å². The van der Waals surface area contributed by atoms with E-state index in [9.17, 15) is 19.5 Å². The quantitative estimate of drug-likeness (QED) is 0.555. The highest BCUT2D eigenvalue weighted by Gasteiger charge is 2.24. The van der Waals surface area contributed by atoms with Crippen LogP contribution in [0, 0.1) is 0 Å². The third kappa shape index (κ3) is 6.18. The summed E-state index contributed by atoms with van der Waals surface area (Å²) >= 11 is 5.92. The number of halogens is 1. The number of rotatable bonds is 8. The number of benzene rings is 1. The maximum atomic E-state index is 12.4. The Balaban J connectivity index is 1.66. The van der Waals surface area contributed by atoms with E-state index in [4.69, 9.17) is 11.6 Å². The Morgan fingerprint density at radius 3 is 2.56 bits per heavy atom. The van der Waals surface area contributed by atoms with E-state index in [1.54, 1.807) is 18.2 Å². The number of hydrogen-bond donors (Lipinski definition) is 3. The number of hydrogen-bond acceptors (Lipinski definition) is 6. The molecule has 1 aromatic carbocycles. The van der Waals surface area contributed by atoms with Crippen LogP contribution in [0.15, 0.2) is 36.5 Å². The SMILES string of the molecule is CCCNC(=O)CN1CCN(c2ncc(NC(=O)c3cccc(Cl)c3)cc2C(=O)O)CC1. The van der Waals surface area contributed by atoms with Gasteiger partial charge in [0.1, 0.15) is 11.4 Å². The van der Waals surface area contributed by atoms with Crippen molar-refractivity contribution in [2.24, 2.45) is 0 Å². The van der Waals surface area contributed by atoms with Crippen LogP contribution >= 0.6 is 11.6 Å². The number of nitrogens with zero attached hydrogens (tertiary/aromatic N) is 3. The number of nitrogens with one attached hydrogen (secondary N) is 2. The second-order valence-electron chi connectivity index (χ2n) is 7.48. The standard InChI is InChI=1S/C22H26ClN5O4/c1-2-6-24-19(29)14-27-7-9-28(10-8-27)20-18(22(31)32)12-17(13-25-20)26-21(30)15-4-3-5-16(23)11-15/h3-5,11-13H,2,6-10,14H2,1H3,(H,24,29)(H,26,30)(H,31,32). The van der Waals surface area contributed by atoms with E-state index >= 15 is 0 Å². The summed E-state index contributed by atoms with van der Waals surface area (Å²) in [4.78, 5) is 44.4. The fraction of sp³-hybridized carbons (Fsp3) is 0.364. The lowest BCUT2D eigenvalue weighted by Crippen LogP contribution is -2.50. The fourth-order valence-electron chi connectivity index (χ4n) is 3.41. The third-order valence-electron chi connectivity index (χ3n) is 5.05. The molecule has 1 saturated heterocycles. The summed E-state index contributed by atoms with van der Waals surface area (Å²) in [5.41, 5.74) is 0.642. The maximum absolute atomic E-state index is 12.4. The predicted octanol–water partition coefficient (Wildman–Crippen LogP) is 2.33. The molecule has 0 spiro atoms. The van der Waals surface area contributed by atoms with Gasteiger partial charge in [-0.05, 0) is 30.7 Å². The minimum atomic E-state index is -1.13. The van der Waals surface area contributed by atoms with Crippen LogP contribution in [-0.4, -0.2) is 72.0 Å². The molecule has 3 rings (SSSR count). The Kier molecular flexibility index (Phi) is 8.02. The molecule has 0 bridgehead atoms. The van der Waals surface area contributed by atoms with Crippen molar-refractivity contribution in [1.29, 1.82) is 0 Å². The number of amides is 2. The number of piperazine rings is 1. The molecule has 2 amide bonds. The molecule has 1 fully saturated rings. The number of aromatic nitrogens is 1. The Morgan fingerprint density at radius 2 is 1.91 bits per heavy atom. The first kappa shape index (κ1) is 23.5. The molecule has 0 radical (unpaired) electrons. The molecule has 0 unspecified atom stereocenters. The molecule has 1 aliphatic rings. The van der Waals surface area contributed by atoms with Gasteiger partial charge in [0.05, 0.1) is 18.4 Å². The molecule has 0 saturated carbocycles. The Morgan fingerprint density at radius 1 is 1.16 bits per heavy atom.